The van der Waals surface area contributed by atoms with Crippen LogP contribution in [0.2, 0.25) is 0 Å². The lowest BCUT2D eigenvalue weighted by molar-refractivity contribution is 0.477. The van der Waals surface area contributed by atoms with Crippen LogP contribution >= 0.6 is 0 Å². The molecule has 3 nitrogen and oxygen atoms in total. The number of hydrogen-bond donors (Lipinski definition) is 1. The molecule has 0 amide bonds. The van der Waals surface area contributed by atoms with E-state index >= 15 is 0 Å². The fourth-order valence-electron chi connectivity index (χ4n) is 2.37. The molecule has 4 heteroatoms. The molecule has 0 unspecified atom stereocenters. The van der Waals surface area contributed by atoms with Gasteiger partial charge in [-0.15, -0.1) is 0 Å². The fourth-order valence-corrected chi connectivity index (χ4v) is 3.14. The van der Waals surface area contributed by atoms with Crippen LogP contribution in [0.5, 0.6) is 0 Å². The Kier molecular flexibility index (Phi) is 5.35. The molecule has 0 fully saturated rings. The Morgan fingerprint density at radius 3 is 2.17 bits per heavy atom. The first kappa shape index (κ1) is 15.2. The van der Waals surface area contributed by atoms with Gasteiger partial charge in [0.2, 0.25) is 0 Å². The summed E-state index contributed by atoms with van der Waals surface area (Å²) in [6.45, 7) is 6.11. The van der Waals surface area contributed by atoms with E-state index in [2.05, 4.69) is 13.8 Å². The van der Waals surface area contributed by atoms with Crippen LogP contribution < -0.4 is 0 Å². The predicted molar refractivity (Wildman–Crippen MR) is 73.6 cm³/mol. The van der Waals surface area contributed by atoms with Crippen molar-refractivity contribution in [2.24, 2.45) is 0 Å². The quantitative estimate of drug-likeness (QED) is 0.797. The number of benzene rings is 1. The maximum absolute atomic E-state index is 11.4. The van der Waals surface area contributed by atoms with Crippen LogP contribution in [0.15, 0.2) is 23.1 Å². The standard InChI is InChI=1S/C14H22O3S/c1-4-6-12(7-5-2)13-10-11(3)8-9-14(13)18(15,16)17/h8-10,12H,4-7H2,1-3H3,(H,15,16,17). The molecule has 102 valence electrons. The molecule has 0 saturated heterocycles. The molecule has 18 heavy (non-hydrogen) atoms. The maximum atomic E-state index is 11.4. The Bertz CT molecular complexity index is 486. The van der Waals surface area contributed by atoms with Gasteiger partial charge in [0, 0.05) is 0 Å². The van der Waals surface area contributed by atoms with Crippen molar-refractivity contribution >= 4 is 10.1 Å². The van der Waals surface area contributed by atoms with Crippen LogP contribution in [0.4, 0.5) is 0 Å². The highest BCUT2D eigenvalue weighted by Crippen LogP contribution is 2.32. The maximum Gasteiger partial charge on any atom is 0.294 e. The van der Waals surface area contributed by atoms with E-state index in [4.69, 9.17) is 0 Å². The Labute approximate surface area is 110 Å². The summed E-state index contributed by atoms with van der Waals surface area (Å²) in [5.41, 5.74) is 1.79. The van der Waals surface area contributed by atoms with E-state index < -0.39 is 10.1 Å². The molecule has 0 aliphatic heterocycles. The van der Waals surface area contributed by atoms with Crippen molar-refractivity contribution in [2.75, 3.05) is 0 Å². The molecule has 0 radical (unpaired) electrons. The lowest BCUT2D eigenvalue weighted by Crippen LogP contribution is -2.08. The first-order valence-electron chi connectivity index (χ1n) is 6.48. The average Bonchev–Trinajstić information content (AvgIpc) is 2.27. The Morgan fingerprint density at radius 2 is 1.72 bits per heavy atom. The highest BCUT2D eigenvalue weighted by molar-refractivity contribution is 7.85. The summed E-state index contributed by atoms with van der Waals surface area (Å²) in [5, 5.41) is 0. The van der Waals surface area contributed by atoms with Crippen molar-refractivity contribution in [3.63, 3.8) is 0 Å². The van der Waals surface area contributed by atoms with Gasteiger partial charge in [-0.2, -0.15) is 8.42 Å². The summed E-state index contributed by atoms with van der Waals surface area (Å²) in [7, 11) is -4.13. The molecular weight excluding hydrogens is 248 g/mol. The first-order valence-corrected chi connectivity index (χ1v) is 7.92. The molecule has 0 aromatic heterocycles. The average molecular weight is 270 g/mol. The zero-order chi connectivity index (χ0) is 13.8. The smallest absolute Gasteiger partial charge is 0.282 e. The molecule has 0 atom stereocenters. The second-order valence-electron chi connectivity index (χ2n) is 4.79. The van der Waals surface area contributed by atoms with Crippen molar-refractivity contribution in [1.82, 2.24) is 0 Å². The Balaban J connectivity index is 3.30. The zero-order valence-electron chi connectivity index (χ0n) is 11.3. The van der Waals surface area contributed by atoms with Gasteiger partial charge in [-0.05, 0) is 37.3 Å². The minimum atomic E-state index is -4.13. The van der Waals surface area contributed by atoms with Gasteiger partial charge in [0.05, 0.1) is 4.90 Å². The van der Waals surface area contributed by atoms with E-state index in [9.17, 15) is 13.0 Å². The molecule has 0 bridgehead atoms. The van der Waals surface area contributed by atoms with Crippen LogP contribution in [0.3, 0.4) is 0 Å². The fraction of sp³-hybridized carbons (Fsp3) is 0.571. The lowest BCUT2D eigenvalue weighted by Gasteiger charge is -2.19. The van der Waals surface area contributed by atoms with Crippen molar-refractivity contribution in [3.8, 4) is 0 Å². The molecule has 1 aromatic carbocycles. The van der Waals surface area contributed by atoms with Crippen LogP contribution in [-0.4, -0.2) is 13.0 Å². The van der Waals surface area contributed by atoms with Gasteiger partial charge in [0.25, 0.3) is 10.1 Å². The van der Waals surface area contributed by atoms with Crippen molar-refractivity contribution in [1.29, 1.82) is 0 Å². The van der Waals surface area contributed by atoms with E-state index in [0.717, 1.165) is 36.8 Å². The van der Waals surface area contributed by atoms with Crippen LogP contribution in [-0.2, 0) is 10.1 Å². The normalized spacial score (nSPS) is 12.1. The highest BCUT2D eigenvalue weighted by Gasteiger charge is 2.21. The third kappa shape index (κ3) is 3.82. The van der Waals surface area contributed by atoms with Crippen LogP contribution in [0.1, 0.15) is 56.6 Å². The first-order chi connectivity index (χ1) is 8.40. The van der Waals surface area contributed by atoms with Gasteiger partial charge in [-0.25, -0.2) is 0 Å². The van der Waals surface area contributed by atoms with Crippen LogP contribution in [0, 0.1) is 6.92 Å². The third-order valence-electron chi connectivity index (χ3n) is 3.16. The van der Waals surface area contributed by atoms with Gasteiger partial charge >= 0.3 is 0 Å². The van der Waals surface area contributed by atoms with Gasteiger partial charge in [0.1, 0.15) is 0 Å². The van der Waals surface area contributed by atoms with Crippen molar-refractivity contribution in [2.45, 2.75) is 57.3 Å². The molecule has 0 aliphatic carbocycles. The highest BCUT2D eigenvalue weighted by atomic mass is 32.2. The van der Waals surface area contributed by atoms with Gasteiger partial charge < -0.3 is 0 Å². The topological polar surface area (TPSA) is 54.4 Å². The molecule has 1 N–H and O–H groups in total. The molecular formula is C14H22O3S. The third-order valence-corrected chi connectivity index (χ3v) is 4.08. The molecule has 0 aliphatic rings. The second kappa shape index (κ2) is 6.34. The second-order valence-corrected chi connectivity index (χ2v) is 6.18. The van der Waals surface area contributed by atoms with Gasteiger partial charge in [0.15, 0.2) is 0 Å². The van der Waals surface area contributed by atoms with E-state index in [0.29, 0.717) is 0 Å². The molecule has 0 spiro atoms. The summed E-state index contributed by atoms with van der Waals surface area (Å²) in [6, 6.07) is 5.12. The monoisotopic (exact) mass is 270 g/mol. The summed E-state index contributed by atoms with van der Waals surface area (Å²) in [5.74, 6) is 0.205. The predicted octanol–water partition coefficient (Wildman–Crippen LogP) is 3.93. The molecule has 0 heterocycles. The minimum absolute atomic E-state index is 0.0694. The van der Waals surface area contributed by atoms with Gasteiger partial charge in [-0.3, -0.25) is 4.55 Å². The van der Waals surface area contributed by atoms with E-state index in [-0.39, 0.29) is 10.8 Å². The van der Waals surface area contributed by atoms with Crippen molar-refractivity contribution < 1.29 is 13.0 Å². The summed E-state index contributed by atoms with van der Waals surface area (Å²) >= 11 is 0. The zero-order valence-corrected chi connectivity index (χ0v) is 12.1. The number of hydrogen-bond acceptors (Lipinski definition) is 2. The van der Waals surface area contributed by atoms with E-state index in [1.165, 1.54) is 6.07 Å². The largest absolute Gasteiger partial charge is 0.294 e. The summed E-state index contributed by atoms with van der Waals surface area (Å²) in [6.07, 6.45) is 3.90. The Hall–Kier alpha value is -0.870. The minimum Gasteiger partial charge on any atom is -0.282 e. The van der Waals surface area contributed by atoms with Crippen molar-refractivity contribution in [3.05, 3.63) is 29.3 Å². The van der Waals surface area contributed by atoms with E-state index in [1.54, 1.807) is 6.07 Å². The molecule has 1 aromatic rings. The Morgan fingerprint density at radius 1 is 1.17 bits per heavy atom. The van der Waals surface area contributed by atoms with E-state index in [1.807, 2.05) is 13.0 Å². The summed E-state index contributed by atoms with van der Waals surface area (Å²) in [4.78, 5) is 0.0694. The molecule has 0 saturated carbocycles. The SMILES string of the molecule is CCCC(CCC)c1cc(C)ccc1S(=O)(=O)O. The molecule has 1 rings (SSSR count). The number of rotatable bonds is 6. The van der Waals surface area contributed by atoms with Gasteiger partial charge in [-0.1, -0.05) is 44.4 Å². The van der Waals surface area contributed by atoms with Crippen LogP contribution in [0.25, 0.3) is 0 Å². The summed E-state index contributed by atoms with van der Waals surface area (Å²) < 4.78 is 32.2. The number of aryl methyl sites for hydroxylation is 1. The lowest BCUT2D eigenvalue weighted by atomic mass is 9.89.